The summed E-state index contributed by atoms with van der Waals surface area (Å²) in [7, 11) is 0. The third-order valence-corrected chi connectivity index (χ3v) is 4.10. The molecule has 2 aromatic carbocycles. The highest BCUT2D eigenvalue weighted by Crippen LogP contribution is 2.16. The molecule has 5 heteroatoms. The molecular weight excluding hydrogens is 312 g/mol. The number of carbonyl (C=O) groups is 1. The lowest BCUT2D eigenvalue weighted by Crippen LogP contribution is -2.35. The number of carbonyl (C=O) groups excluding carboxylic acids is 1. The van der Waals surface area contributed by atoms with Gasteiger partial charge in [0.05, 0.1) is 6.04 Å². The zero-order valence-electron chi connectivity index (χ0n) is 12.7. The number of ether oxygens (including phenoxy) is 1. The lowest BCUT2D eigenvalue weighted by atomic mass is 10.2. The van der Waals surface area contributed by atoms with Crippen molar-refractivity contribution in [2.45, 2.75) is 25.6 Å². The maximum absolute atomic E-state index is 11.5. The SMILES string of the molecule is O=C1NCC[C@@H]1NCc1ccc(OCc2ccc(Cl)cc2)cc1. The molecule has 0 bridgehead atoms. The zero-order chi connectivity index (χ0) is 16.1. The molecule has 1 aliphatic rings. The highest BCUT2D eigenvalue weighted by Gasteiger charge is 2.22. The molecule has 0 aromatic heterocycles. The third-order valence-electron chi connectivity index (χ3n) is 3.84. The van der Waals surface area contributed by atoms with Gasteiger partial charge in [0.2, 0.25) is 5.91 Å². The van der Waals surface area contributed by atoms with Crippen LogP contribution < -0.4 is 15.4 Å². The molecule has 1 fully saturated rings. The topological polar surface area (TPSA) is 50.4 Å². The number of nitrogens with one attached hydrogen (secondary N) is 2. The van der Waals surface area contributed by atoms with Gasteiger partial charge in [-0.1, -0.05) is 35.9 Å². The second-order valence-electron chi connectivity index (χ2n) is 5.57. The minimum absolute atomic E-state index is 0.0733. The molecule has 0 aliphatic carbocycles. The Hall–Kier alpha value is -2.04. The molecule has 0 spiro atoms. The van der Waals surface area contributed by atoms with Crippen LogP contribution in [0.3, 0.4) is 0 Å². The molecule has 1 saturated heterocycles. The summed E-state index contributed by atoms with van der Waals surface area (Å²) >= 11 is 5.86. The van der Waals surface area contributed by atoms with Crippen LogP contribution in [0.1, 0.15) is 17.5 Å². The standard InChI is InChI=1S/C18H19ClN2O2/c19-15-5-1-14(2-6-15)12-23-16-7-3-13(4-8-16)11-21-17-9-10-20-18(17)22/h1-8,17,21H,9-12H2,(H,20,22)/t17-/m0/s1. The molecule has 2 N–H and O–H groups in total. The van der Waals surface area contributed by atoms with Crippen LogP contribution in [0.25, 0.3) is 0 Å². The van der Waals surface area contributed by atoms with E-state index in [-0.39, 0.29) is 11.9 Å². The number of hydrogen-bond donors (Lipinski definition) is 2. The van der Waals surface area contributed by atoms with Crippen LogP contribution in [0.2, 0.25) is 5.02 Å². The Labute approximate surface area is 140 Å². The summed E-state index contributed by atoms with van der Waals surface area (Å²) in [6.45, 7) is 1.94. The number of benzene rings is 2. The van der Waals surface area contributed by atoms with E-state index in [1.807, 2.05) is 48.5 Å². The highest BCUT2D eigenvalue weighted by atomic mass is 35.5. The third kappa shape index (κ3) is 4.47. The molecule has 0 saturated carbocycles. The molecule has 2 aromatic rings. The van der Waals surface area contributed by atoms with Crippen molar-refractivity contribution >= 4 is 17.5 Å². The lowest BCUT2D eigenvalue weighted by Gasteiger charge is -2.11. The average Bonchev–Trinajstić information content (AvgIpc) is 2.98. The Morgan fingerprint density at radius 2 is 1.78 bits per heavy atom. The van der Waals surface area contributed by atoms with E-state index in [1.54, 1.807) is 0 Å². The molecule has 4 nitrogen and oxygen atoms in total. The van der Waals surface area contributed by atoms with E-state index in [1.165, 1.54) is 0 Å². The first-order valence-electron chi connectivity index (χ1n) is 7.68. The van der Waals surface area contributed by atoms with Crippen LogP contribution in [0.4, 0.5) is 0 Å². The van der Waals surface area contributed by atoms with Gasteiger partial charge in [-0.05, 0) is 41.8 Å². The largest absolute Gasteiger partial charge is 0.489 e. The summed E-state index contributed by atoms with van der Waals surface area (Å²) in [6, 6.07) is 15.5. The van der Waals surface area contributed by atoms with Gasteiger partial charge in [-0.15, -0.1) is 0 Å². The van der Waals surface area contributed by atoms with Crippen molar-refractivity contribution in [2.24, 2.45) is 0 Å². The molecule has 1 amide bonds. The zero-order valence-corrected chi connectivity index (χ0v) is 13.5. The van der Waals surface area contributed by atoms with E-state index in [0.717, 1.165) is 34.9 Å². The monoisotopic (exact) mass is 330 g/mol. The fourth-order valence-electron chi connectivity index (χ4n) is 2.48. The Kier molecular flexibility index (Phi) is 5.16. The molecule has 1 atom stereocenters. The van der Waals surface area contributed by atoms with Gasteiger partial charge in [-0.2, -0.15) is 0 Å². The van der Waals surface area contributed by atoms with Crippen molar-refractivity contribution in [2.75, 3.05) is 6.54 Å². The fourth-order valence-corrected chi connectivity index (χ4v) is 2.61. The Bertz CT molecular complexity index is 656. The number of amides is 1. The van der Waals surface area contributed by atoms with Crippen molar-refractivity contribution in [1.82, 2.24) is 10.6 Å². The summed E-state index contributed by atoms with van der Waals surface area (Å²) in [5.74, 6) is 0.912. The van der Waals surface area contributed by atoms with Gasteiger partial charge >= 0.3 is 0 Å². The summed E-state index contributed by atoms with van der Waals surface area (Å²) < 4.78 is 5.75. The molecule has 0 unspecified atom stereocenters. The summed E-state index contributed by atoms with van der Waals surface area (Å²) in [4.78, 5) is 11.5. The molecule has 3 rings (SSSR count). The van der Waals surface area contributed by atoms with Crippen LogP contribution in [0.5, 0.6) is 5.75 Å². The van der Waals surface area contributed by atoms with Gasteiger partial charge in [-0.25, -0.2) is 0 Å². The van der Waals surface area contributed by atoms with Crippen molar-refractivity contribution in [3.63, 3.8) is 0 Å². The molecule has 1 heterocycles. The predicted octanol–water partition coefficient (Wildman–Crippen LogP) is 2.90. The van der Waals surface area contributed by atoms with E-state index in [2.05, 4.69) is 10.6 Å². The van der Waals surface area contributed by atoms with Gasteiger partial charge in [0, 0.05) is 18.1 Å². The maximum Gasteiger partial charge on any atom is 0.237 e. The van der Waals surface area contributed by atoms with E-state index < -0.39 is 0 Å². The first kappa shape index (κ1) is 15.8. The van der Waals surface area contributed by atoms with Crippen LogP contribution in [0, 0.1) is 0 Å². The van der Waals surface area contributed by atoms with E-state index in [0.29, 0.717) is 13.2 Å². The molecule has 23 heavy (non-hydrogen) atoms. The fraction of sp³-hybridized carbons (Fsp3) is 0.278. The number of rotatable bonds is 6. The van der Waals surface area contributed by atoms with Gasteiger partial charge < -0.3 is 15.4 Å². The molecule has 1 aliphatic heterocycles. The minimum atomic E-state index is -0.0733. The normalized spacial score (nSPS) is 17.1. The van der Waals surface area contributed by atoms with Crippen molar-refractivity contribution in [3.05, 3.63) is 64.7 Å². The van der Waals surface area contributed by atoms with E-state index >= 15 is 0 Å². The Morgan fingerprint density at radius 1 is 1.09 bits per heavy atom. The van der Waals surface area contributed by atoms with Crippen molar-refractivity contribution in [3.8, 4) is 5.75 Å². The van der Waals surface area contributed by atoms with E-state index in [4.69, 9.17) is 16.3 Å². The number of hydrogen-bond acceptors (Lipinski definition) is 3. The quantitative estimate of drug-likeness (QED) is 0.856. The first-order valence-corrected chi connectivity index (χ1v) is 8.06. The first-order chi connectivity index (χ1) is 11.2. The Morgan fingerprint density at radius 3 is 2.43 bits per heavy atom. The van der Waals surface area contributed by atoms with Gasteiger partial charge in [0.25, 0.3) is 0 Å². The minimum Gasteiger partial charge on any atom is -0.489 e. The second-order valence-corrected chi connectivity index (χ2v) is 6.01. The van der Waals surface area contributed by atoms with Crippen molar-refractivity contribution < 1.29 is 9.53 Å². The van der Waals surface area contributed by atoms with Crippen molar-refractivity contribution in [1.29, 1.82) is 0 Å². The number of halogens is 1. The summed E-state index contributed by atoms with van der Waals surface area (Å²) in [6.07, 6.45) is 0.848. The van der Waals surface area contributed by atoms with Crippen LogP contribution in [-0.2, 0) is 17.9 Å². The van der Waals surface area contributed by atoms with Crippen LogP contribution >= 0.6 is 11.6 Å². The average molecular weight is 331 g/mol. The van der Waals surface area contributed by atoms with Crippen LogP contribution in [-0.4, -0.2) is 18.5 Å². The maximum atomic E-state index is 11.5. The second kappa shape index (κ2) is 7.49. The summed E-state index contributed by atoms with van der Waals surface area (Å²) in [5, 5.41) is 6.81. The molecule has 120 valence electrons. The molecular formula is C18H19ClN2O2. The summed E-state index contributed by atoms with van der Waals surface area (Å²) in [5.41, 5.74) is 2.20. The lowest BCUT2D eigenvalue weighted by molar-refractivity contribution is -0.120. The van der Waals surface area contributed by atoms with Crippen LogP contribution in [0.15, 0.2) is 48.5 Å². The van der Waals surface area contributed by atoms with Gasteiger partial charge in [0.15, 0.2) is 0 Å². The highest BCUT2D eigenvalue weighted by molar-refractivity contribution is 6.30. The predicted molar refractivity (Wildman–Crippen MR) is 90.5 cm³/mol. The van der Waals surface area contributed by atoms with E-state index in [9.17, 15) is 4.79 Å². The molecule has 0 radical (unpaired) electrons. The Balaban J connectivity index is 1.48. The smallest absolute Gasteiger partial charge is 0.237 e. The van der Waals surface area contributed by atoms with Gasteiger partial charge in [-0.3, -0.25) is 4.79 Å². The van der Waals surface area contributed by atoms with Gasteiger partial charge in [0.1, 0.15) is 12.4 Å².